The molecule has 1 atom stereocenters. The molecule has 1 heterocycles. The van der Waals surface area contributed by atoms with Gasteiger partial charge in [0.25, 0.3) is 0 Å². The standard InChI is InChI=1S/C8H15N3O2/c1-13-6-7(5-12)11-4-8-9-2-3-10-8/h2-3,7,11-12H,4-6H2,1H3,(H,9,10). The first kappa shape index (κ1) is 10.2. The van der Waals surface area contributed by atoms with Crippen LogP contribution in [0.3, 0.4) is 0 Å². The van der Waals surface area contributed by atoms with Crippen molar-refractivity contribution < 1.29 is 9.84 Å². The number of nitrogens with zero attached hydrogens (tertiary/aromatic N) is 1. The second-order valence-electron chi connectivity index (χ2n) is 2.75. The molecule has 1 aromatic rings. The van der Waals surface area contributed by atoms with Crippen LogP contribution in [0, 0.1) is 0 Å². The lowest BCUT2D eigenvalue weighted by Gasteiger charge is -2.13. The lowest BCUT2D eigenvalue weighted by Crippen LogP contribution is -2.36. The van der Waals surface area contributed by atoms with Crippen LogP contribution in [0.5, 0.6) is 0 Å². The number of aromatic amines is 1. The van der Waals surface area contributed by atoms with Gasteiger partial charge in [0.15, 0.2) is 0 Å². The molecule has 0 saturated heterocycles. The van der Waals surface area contributed by atoms with E-state index in [0.29, 0.717) is 13.2 Å². The highest BCUT2D eigenvalue weighted by molar-refractivity contribution is 4.86. The minimum atomic E-state index is -0.0323. The first-order valence-corrected chi connectivity index (χ1v) is 4.18. The predicted octanol–water partition coefficient (Wildman–Crippen LogP) is -0.493. The Morgan fingerprint density at radius 2 is 2.62 bits per heavy atom. The molecule has 0 aliphatic heterocycles. The second kappa shape index (κ2) is 5.69. The third-order valence-electron chi connectivity index (χ3n) is 1.70. The molecule has 0 fully saturated rings. The van der Waals surface area contributed by atoms with E-state index in [1.807, 2.05) is 0 Å². The SMILES string of the molecule is COCC(CO)NCc1ncc[nH]1. The number of ether oxygens (including phenoxy) is 1. The fourth-order valence-electron chi connectivity index (χ4n) is 1.01. The second-order valence-corrected chi connectivity index (χ2v) is 2.75. The number of methoxy groups -OCH3 is 1. The van der Waals surface area contributed by atoms with Crippen molar-refractivity contribution in [3.05, 3.63) is 18.2 Å². The Kier molecular flexibility index (Phi) is 4.45. The Morgan fingerprint density at radius 3 is 3.15 bits per heavy atom. The average Bonchev–Trinajstić information content (AvgIpc) is 2.64. The van der Waals surface area contributed by atoms with Gasteiger partial charge in [0.2, 0.25) is 0 Å². The molecule has 1 rings (SSSR count). The smallest absolute Gasteiger partial charge is 0.120 e. The van der Waals surface area contributed by atoms with Crippen LogP contribution in [0.4, 0.5) is 0 Å². The van der Waals surface area contributed by atoms with E-state index in [9.17, 15) is 0 Å². The van der Waals surface area contributed by atoms with Gasteiger partial charge in [-0.05, 0) is 0 Å². The normalized spacial score (nSPS) is 13.1. The van der Waals surface area contributed by atoms with Gasteiger partial charge in [-0.15, -0.1) is 0 Å². The molecular weight excluding hydrogens is 170 g/mol. The summed E-state index contributed by atoms with van der Waals surface area (Å²) < 4.78 is 4.91. The highest BCUT2D eigenvalue weighted by Gasteiger charge is 2.05. The van der Waals surface area contributed by atoms with Crippen LogP contribution in [0.25, 0.3) is 0 Å². The van der Waals surface area contributed by atoms with Crippen molar-refractivity contribution in [2.24, 2.45) is 0 Å². The molecule has 0 bridgehead atoms. The maximum absolute atomic E-state index is 8.91. The predicted molar refractivity (Wildman–Crippen MR) is 48.2 cm³/mol. The highest BCUT2D eigenvalue weighted by atomic mass is 16.5. The zero-order valence-electron chi connectivity index (χ0n) is 7.66. The number of hydrogen-bond acceptors (Lipinski definition) is 4. The Morgan fingerprint density at radius 1 is 1.77 bits per heavy atom. The van der Waals surface area contributed by atoms with Gasteiger partial charge in [0.05, 0.1) is 25.8 Å². The lowest BCUT2D eigenvalue weighted by atomic mass is 10.3. The summed E-state index contributed by atoms with van der Waals surface area (Å²) in [5.41, 5.74) is 0. The van der Waals surface area contributed by atoms with Gasteiger partial charge in [-0.25, -0.2) is 4.98 Å². The van der Waals surface area contributed by atoms with Crippen LogP contribution in [0.15, 0.2) is 12.4 Å². The van der Waals surface area contributed by atoms with Crippen molar-refractivity contribution in [2.75, 3.05) is 20.3 Å². The summed E-state index contributed by atoms with van der Waals surface area (Å²) >= 11 is 0. The third-order valence-corrected chi connectivity index (χ3v) is 1.70. The molecule has 5 nitrogen and oxygen atoms in total. The number of H-pyrrole nitrogens is 1. The third kappa shape index (κ3) is 3.54. The van der Waals surface area contributed by atoms with Crippen molar-refractivity contribution in [1.82, 2.24) is 15.3 Å². The highest BCUT2D eigenvalue weighted by Crippen LogP contribution is 1.90. The largest absolute Gasteiger partial charge is 0.395 e. The minimum absolute atomic E-state index is 0.0323. The zero-order valence-corrected chi connectivity index (χ0v) is 7.66. The molecule has 74 valence electrons. The molecule has 0 amide bonds. The minimum Gasteiger partial charge on any atom is -0.395 e. The number of nitrogens with one attached hydrogen (secondary N) is 2. The summed E-state index contributed by atoms with van der Waals surface area (Å²) in [5.74, 6) is 0.856. The van der Waals surface area contributed by atoms with Crippen LogP contribution in [0.2, 0.25) is 0 Å². The molecule has 0 aliphatic rings. The quantitative estimate of drug-likeness (QED) is 0.559. The number of aliphatic hydroxyl groups is 1. The van der Waals surface area contributed by atoms with Crippen molar-refractivity contribution in [3.63, 3.8) is 0 Å². The van der Waals surface area contributed by atoms with Crippen molar-refractivity contribution in [1.29, 1.82) is 0 Å². The molecule has 0 saturated carbocycles. The van der Waals surface area contributed by atoms with Gasteiger partial charge < -0.3 is 20.1 Å². The summed E-state index contributed by atoms with van der Waals surface area (Å²) in [6.45, 7) is 1.17. The summed E-state index contributed by atoms with van der Waals surface area (Å²) in [6.07, 6.45) is 3.46. The van der Waals surface area contributed by atoms with E-state index in [0.717, 1.165) is 5.82 Å². The first-order valence-electron chi connectivity index (χ1n) is 4.18. The number of aliphatic hydroxyl groups excluding tert-OH is 1. The van der Waals surface area contributed by atoms with Crippen molar-refractivity contribution in [2.45, 2.75) is 12.6 Å². The van der Waals surface area contributed by atoms with Gasteiger partial charge >= 0.3 is 0 Å². The summed E-state index contributed by atoms with van der Waals surface area (Å²) in [5, 5.41) is 12.0. The number of rotatable bonds is 6. The van der Waals surface area contributed by atoms with Crippen LogP contribution < -0.4 is 5.32 Å². The summed E-state index contributed by atoms with van der Waals surface area (Å²) in [4.78, 5) is 7.00. The van der Waals surface area contributed by atoms with E-state index >= 15 is 0 Å². The van der Waals surface area contributed by atoms with Crippen LogP contribution >= 0.6 is 0 Å². The molecule has 0 aromatic carbocycles. The van der Waals surface area contributed by atoms with Crippen LogP contribution in [-0.2, 0) is 11.3 Å². The first-order chi connectivity index (χ1) is 6.36. The molecule has 1 aromatic heterocycles. The maximum atomic E-state index is 8.91. The van der Waals surface area contributed by atoms with E-state index in [1.54, 1.807) is 19.5 Å². The van der Waals surface area contributed by atoms with Crippen LogP contribution in [0.1, 0.15) is 5.82 Å². The van der Waals surface area contributed by atoms with Gasteiger partial charge in [-0.3, -0.25) is 0 Å². The van der Waals surface area contributed by atoms with E-state index in [2.05, 4.69) is 15.3 Å². The molecule has 13 heavy (non-hydrogen) atoms. The Balaban J connectivity index is 2.23. The molecule has 0 spiro atoms. The lowest BCUT2D eigenvalue weighted by molar-refractivity contribution is 0.127. The molecule has 1 unspecified atom stereocenters. The van der Waals surface area contributed by atoms with Crippen molar-refractivity contribution in [3.8, 4) is 0 Å². The Bertz CT molecular complexity index is 213. The van der Waals surface area contributed by atoms with Crippen LogP contribution in [-0.4, -0.2) is 41.4 Å². The summed E-state index contributed by atoms with van der Waals surface area (Å²) in [7, 11) is 1.61. The summed E-state index contributed by atoms with van der Waals surface area (Å²) in [6, 6.07) is -0.0323. The van der Waals surface area contributed by atoms with E-state index in [1.165, 1.54) is 0 Å². The fraction of sp³-hybridized carbons (Fsp3) is 0.625. The number of aromatic nitrogens is 2. The average molecular weight is 185 g/mol. The van der Waals surface area contributed by atoms with Crippen molar-refractivity contribution >= 4 is 0 Å². The maximum Gasteiger partial charge on any atom is 0.120 e. The zero-order chi connectivity index (χ0) is 9.52. The molecule has 5 heteroatoms. The molecule has 0 radical (unpaired) electrons. The molecule has 0 aliphatic carbocycles. The molecule has 3 N–H and O–H groups in total. The number of hydrogen-bond donors (Lipinski definition) is 3. The van der Waals surface area contributed by atoms with E-state index in [-0.39, 0.29) is 12.6 Å². The van der Waals surface area contributed by atoms with Gasteiger partial charge in [-0.2, -0.15) is 0 Å². The van der Waals surface area contributed by atoms with Gasteiger partial charge in [0.1, 0.15) is 5.82 Å². The topological polar surface area (TPSA) is 70.2 Å². The monoisotopic (exact) mass is 185 g/mol. The Labute approximate surface area is 77.1 Å². The Hall–Kier alpha value is -0.910. The fourth-order valence-corrected chi connectivity index (χ4v) is 1.01. The van der Waals surface area contributed by atoms with E-state index < -0.39 is 0 Å². The number of imidazole rings is 1. The van der Waals surface area contributed by atoms with Gasteiger partial charge in [0, 0.05) is 19.5 Å². The van der Waals surface area contributed by atoms with E-state index in [4.69, 9.17) is 9.84 Å². The molecular formula is C8H15N3O2. The van der Waals surface area contributed by atoms with Gasteiger partial charge in [-0.1, -0.05) is 0 Å².